The number of nitrogens with zero attached hydrogens (tertiary/aromatic N) is 1. The number of carbonyl (C=O) groups excluding carboxylic acids is 1. The van der Waals surface area contributed by atoms with E-state index < -0.39 is 29.9 Å². The Hall–Kier alpha value is -1.95. The van der Waals surface area contributed by atoms with Crippen molar-refractivity contribution in [1.82, 2.24) is 4.90 Å². The van der Waals surface area contributed by atoms with E-state index >= 15 is 0 Å². The average Bonchev–Trinajstić information content (AvgIpc) is 2.97. The van der Waals surface area contributed by atoms with Gasteiger partial charge in [0.05, 0.1) is 12.6 Å². The minimum absolute atomic E-state index is 0.00871. The molecule has 0 spiro atoms. The Morgan fingerprint density at radius 2 is 1.71 bits per heavy atom. The summed E-state index contributed by atoms with van der Waals surface area (Å²) in [5.74, 6) is -0.336. The molecule has 1 heterocycles. The number of alkyl halides is 2. The van der Waals surface area contributed by atoms with Crippen LogP contribution in [0.15, 0.2) is 48.5 Å². The summed E-state index contributed by atoms with van der Waals surface area (Å²) in [6, 6.07) is 14.6. The summed E-state index contributed by atoms with van der Waals surface area (Å²) in [6.45, 7) is 4.38. The number of hydrogen-bond acceptors (Lipinski definition) is 3. The first-order chi connectivity index (χ1) is 13.3. The van der Waals surface area contributed by atoms with E-state index in [4.69, 9.17) is 21.4 Å². The fourth-order valence-corrected chi connectivity index (χ4v) is 3.81. The Bertz CT molecular complexity index is 821. The van der Waals surface area contributed by atoms with Gasteiger partial charge in [-0.2, -0.15) is 0 Å². The van der Waals surface area contributed by atoms with Crippen molar-refractivity contribution in [3.05, 3.63) is 59.7 Å². The minimum Gasteiger partial charge on any atom is -0.392 e. The van der Waals surface area contributed by atoms with Crippen LogP contribution in [0.1, 0.15) is 38.0 Å². The molecule has 28 heavy (non-hydrogen) atoms. The number of amides is 1. The zero-order chi connectivity index (χ0) is 20.5. The van der Waals surface area contributed by atoms with Gasteiger partial charge in [0.1, 0.15) is 23.9 Å². The molecule has 1 aliphatic rings. The van der Waals surface area contributed by atoms with Crippen molar-refractivity contribution in [1.29, 1.82) is 0 Å². The van der Waals surface area contributed by atoms with E-state index in [2.05, 4.69) is 0 Å². The van der Waals surface area contributed by atoms with E-state index in [0.29, 0.717) is 0 Å². The largest absolute Gasteiger partial charge is 0.392 e. The molecule has 0 aliphatic carbocycles. The third kappa shape index (κ3) is 3.93. The Balaban J connectivity index is 1.87. The molecule has 2 aromatic carbocycles. The topological polar surface area (TPSA) is 49.8 Å². The number of ether oxygens (including phenoxy) is 1. The van der Waals surface area contributed by atoms with E-state index in [1.54, 1.807) is 20.8 Å². The number of aliphatic hydroxyl groups excluding tert-OH is 1. The van der Waals surface area contributed by atoms with Gasteiger partial charge in [-0.1, -0.05) is 48.5 Å². The number of carbonyl (C=O) groups is 1. The van der Waals surface area contributed by atoms with Gasteiger partial charge in [-0.05, 0) is 43.0 Å². The number of rotatable bonds is 5. The van der Waals surface area contributed by atoms with Gasteiger partial charge in [0, 0.05) is 0 Å². The Morgan fingerprint density at radius 3 is 2.18 bits per heavy atom. The quantitative estimate of drug-likeness (QED) is 0.748. The van der Waals surface area contributed by atoms with E-state index in [9.17, 15) is 9.18 Å². The molecule has 1 amide bonds. The normalized spacial score (nSPS) is 22.3. The van der Waals surface area contributed by atoms with E-state index in [0.717, 1.165) is 22.3 Å². The maximum Gasteiger partial charge on any atom is 0.243 e. The lowest BCUT2D eigenvalue weighted by atomic mass is 9.98. The Morgan fingerprint density at radius 1 is 1.18 bits per heavy atom. The number of hydrogen-bond donors (Lipinski definition) is 1. The van der Waals surface area contributed by atoms with Gasteiger partial charge >= 0.3 is 0 Å². The Kier molecular flexibility index (Phi) is 6.08. The van der Waals surface area contributed by atoms with Crippen LogP contribution in [0.2, 0.25) is 0 Å². The van der Waals surface area contributed by atoms with Crippen LogP contribution in [0.4, 0.5) is 4.39 Å². The molecular weight excluding hydrogens is 381 g/mol. The molecule has 0 aromatic heterocycles. The highest BCUT2D eigenvalue weighted by molar-refractivity contribution is 6.30. The van der Waals surface area contributed by atoms with Gasteiger partial charge < -0.3 is 14.7 Å². The molecule has 3 atom stereocenters. The molecule has 0 radical (unpaired) electrons. The van der Waals surface area contributed by atoms with Gasteiger partial charge in [0.15, 0.2) is 0 Å². The molecular formula is C22H25ClFNO3. The van der Waals surface area contributed by atoms with Crippen molar-refractivity contribution >= 4 is 17.5 Å². The molecule has 2 aromatic rings. The fraction of sp³-hybridized carbons (Fsp3) is 0.409. The molecule has 0 saturated carbocycles. The maximum absolute atomic E-state index is 13.9. The van der Waals surface area contributed by atoms with Gasteiger partial charge in [-0.25, -0.2) is 4.39 Å². The van der Waals surface area contributed by atoms with Crippen LogP contribution in [0.3, 0.4) is 0 Å². The standard InChI is InChI=1S/C22H25ClFNO3/c1-14(23)21(27)25-19(12-24)20(28-22(25,2)3)18-10-8-17(9-11-18)16-6-4-15(13-26)5-7-16/h4-11,14,19-20,26H,12-13H2,1-3H3/t14?,19-,20-/m1/s1. The van der Waals surface area contributed by atoms with Crippen LogP contribution >= 0.6 is 11.6 Å². The summed E-state index contributed by atoms with van der Waals surface area (Å²) in [4.78, 5) is 14.0. The van der Waals surface area contributed by atoms with Gasteiger partial charge in [0.25, 0.3) is 0 Å². The van der Waals surface area contributed by atoms with Crippen molar-refractivity contribution in [3.8, 4) is 11.1 Å². The molecule has 1 aliphatic heterocycles. The summed E-state index contributed by atoms with van der Waals surface area (Å²) in [5.41, 5.74) is 2.74. The van der Waals surface area contributed by atoms with Crippen LogP contribution in [-0.2, 0) is 16.1 Å². The third-order valence-electron chi connectivity index (χ3n) is 5.12. The Labute approximate surface area is 169 Å². The summed E-state index contributed by atoms with van der Waals surface area (Å²) in [6.07, 6.45) is -0.565. The molecule has 6 heteroatoms. The summed E-state index contributed by atoms with van der Waals surface area (Å²) >= 11 is 5.98. The number of benzene rings is 2. The molecule has 150 valence electrons. The van der Waals surface area contributed by atoms with Gasteiger partial charge in [0.2, 0.25) is 5.91 Å². The van der Waals surface area contributed by atoms with Gasteiger partial charge in [-0.15, -0.1) is 11.6 Å². The summed E-state index contributed by atoms with van der Waals surface area (Å²) in [5, 5.41) is 8.41. The SMILES string of the molecule is CC(Cl)C(=O)N1[C@H](CF)[C@@H](c2ccc(-c3ccc(CO)cc3)cc2)OC1(C)C. The lowest BCUT2D eigenvalue weighted by molar-refractivity contribution is -0.147. The van der Waals surface area contributed by atoms with Crippen molar-refractivity contribution in [2.24, 2.45) is 0 Å². The van der Waals surface area contributed by atoms with Crippen molar-refractivity contribution in [2.75, 3.05) is 6.67 Å². The summed E-state index contributed by atoms with van der Waals surface area (Å²) < 4.78 is 20.0. The van der Waals surface area contributed by atoms with Crippen molar-refractivity contribution in [2.45, 2.75) is 50.6 Å². The zero-order valence-corrected chi connectivity index (χ0v) is 17.0. The average molecular weight is 406 g/mol. The molecule has 4 nitrogen and oxygen atoms in total. The number of halogens is 2. The van der Waals surface area contributed by atoms with Crippen molar-refractivity contribution in [3.63, 3.8) is 0 Å². The molecule has 1 unspecified atom stereocenters. The second kappa shape index (κ2) is 8.19. The smallest absolute Gasteiger partial charge is 0.243 e. The predicted octanol–water partition coefficient (Wildman–Crippen LogP) is 4.45. The minimum atomic E-state index is -0.944. The molecule has 1 saturated heterocycles. The molecule has 3 rings (SSSR count). The van der Waals surface area contributed by atoms with E-state index in [1.165, 1.54) is 4.90 Å². The van der Waals surface area contributed by atoms with Crippen LogP contribution in [0, 0.1) is 0 Å². The first-order valence-corrected chi connectivity index (χ1v) is 9.73. The zero-order valence-electron chi connectivity index (χ0n) is 16.2. The predicted molar refractivity (Wildman–Crippen MR) is 108 cm³/mol. The lowest BCUT2D eigenvalue weighted by Gasteiger charge is -2.33. The highest BCUT2D eigenvalue weighted by atomic mass is 35.5. The van der Waals surface area contributed by atoms with Crippen molar-refractivity contribution < 1.29 is 19.0 Å². The third-order valence-corrected chi connectivity index (χ3v) is 5.31. The second-order valence-corrected chi connectivity index (χ2v) is 8.16. The van der Waals surface area contributed by atoms with Crippen LogP contribution in [0.5, 0.6) is 0 Å². The van der Waals surface area contributed by atoms with Crippen LogP contribution < -0.4 is 0 Å². The van der Waals surface area contributed by atoms with Crippen LogP contribution in [-0.4, -0.2) is 39.7 Å². The van der Waals surface area contributed by atoms with E-state index in [-0.39, 0.29) is 12.5 Å². The highest BCUT2D eigenvalue weighted by Gasteiger charge is 2.50. The first-order valence-electron chi connectivity index (χ1n) is 9.29. The fourth-order valence-electron chi connectivity index (χ4n) is 3.71. The monoisotopic (exact) mass is 405 g/mol. The van der Waals surface area contributed by atoms with Gasteiger partial charge in [-0.3, -0.25) is 4.79 Å². The molecule has 1 N–H and O–H groups in total. The first kappa shape index (κ1) is 20.8. The lowest BCUT2D eigenvalue weighted by Crippen LogP contribution is -2.51. The second-order valence-electron chi connectivity index (χ2n) is 7.51. The maximum atomic E-state index is 13.9. The highest BCUT2D eigenvalue weighted by Crippen LogP contribution is 2.42. The van der Waals surface area contributed by atoms with E-state index in [1.807, 2.05) is 48.5 Å². The molecule has 0 bridgehead atoms. The summed E-state index contributed by atoms with van der Waals surface area (Å²) in [7, 11) is 0. The number of aliphatic hydroxyl groups is 1. The molecule has 1 fully saturated rings. The van der Waals surface area contributed by atoms with Crippen LogP contribution in [0.25, 0.3) is 11.1 Å².